The number of carbonyl (C=O) groups excluding carboxylic acids is 1. The third-order valence-corrected chi connectivity index (χ3v) is 4.50. The van der Waals surface area contributed by atoms with Crippen LogP contribution in [0.5, 0.6) is 11.5 Å². The molecular weight excluding hydrogens is 444 g/mol. The van der Waals surface area contributed by atoms with Crippen LogP contribution in [0.15, 0.2) is 82.4 Å². The van der Waals surface area contributed by atoms with Crippen LogP contribution in [-0.2, 0) is 6.61 Å². The van der Waals surface area contributed by atoms with Gasteiger partial charge in [0.1, 0.15) is 24.7 Å². The minimum Gasteiger partial charge on any atom is -0.489 e. The van der Waals surface area contributed by atoms with Crippen LogP contribution in [-0.4, -0.2) is 18.7 Å². The molecule has 0 saturated carbocycles. The lowest BCUT2D eigenvalue weighted by atomic mass is 10.2. The fraction of sp³-hybridized carbons (Fsp3) is 0.0833. The van der Waals surface area contributed by atoms with Crippen molar-refractivity contribution >= 4 is 28.1 Å². The largest absolute Gasteiger partial charge is 0.489 e. The van der Waals surface area contributed by atoms with Gasteiger partial charge in [-0.05, 0) is 54.1 Å². The number of rotatable bonds is 8. The Morgan fingerprint density at radius 2 is 1.87 bits per heavy atom. The second-order valence-electron chi connectivity index (χ2n) is 6.17. The van der Waals surface area contributed by atoms with E-state index in [9.17, 15) is 4.79 Å². The van der Waals surface area contributed by atoms with Crippen LogP contribution in [0.2, 0.25) is 0 Å². The Kier molecular flexibility index (Phi) is 7.64. The second-order valence-corrected chi connectivity index (χ2v) is 7.09. The lowest BCUT2D eigenvalue weighted by Gasteiger charge is -2.07. The summed E-state index contributed by atoms with van der Waals surface area (Å²) in [4.78, 5) is 12.3. The van der Waals surface area contributed by atoms with Crippen molar-refractivity contribution in [3.8, 4) is 23.8 Å². The van der Waals surface area contributed by atoms with E-state index in [0.29, 0.717) is 29.2 Å². The Labute approximate surface area is 183 Å². The van der Waals surface area contributed by atoms with Crippen LogP contribution >= 0.6 is 15.9 Å². The summed E-state index contributed by atoms with van der Waals surface area (Å²) in [5, 5.41) is 4.00. The van der Waals surface area contributed by atoms with E-state index in [0.717, 1.165) is 10.0 Å². The van der Waals surface area contributed by atoms with Gasteiger partial charge in [-0.2, -0.15) is 5.10 Å². The molecule has 5 nitrogen and oxygen atoms in total. The van der Waals surface area contributed by atoms with E-state index in [1.54, 1.807) is 30.3 Å². The highest BCUT2D eigenvalue weighted by Crippen LogP contribution is 2.17. The number of hydrogen-bond donors (Lipinski definition) is 1. The number of benzene rings is 3. The smallest absolute Gasteiger partial charge is 0.271 e. The Morgan fingerprint density at radius 3 is 2.63 bits per heavy atom. The first-order chi connectivity index (χ1) is 14.7. The maximum atomic E-state index is 12.3. The molecule has 0 aliphatic rings. The van der Waals surface area contributed by atoms with Gasteiger partial charge in [0.2, 0.25) is 0 Å². The highest BCUT2D eigenvalue weighted by atomic mass is 79.9. The van der Waals surface area contributed by atoms with Gasteiger partial charge in [0, 0.05) is 15.6 Å². The molecule has 0 radical (unpaired) electrons. The first-order valence-electron chi connectivity index (χ1n) is 9.12. The monoisotopic (exact) mass is 462 g/mol. The van der Waals surface area contributed by atoms with Gasteiger partial charge in [0.15, 0.2) is 0 Å². The summed E-state index contributed by atoms with van der Waals surface area (Å²) in [7, 11) is 0. The van der Waals surface area contributed by atoms with E-state index in [4.69, 9.17) is 15.9 Å². The van der Waals surface area contributed by atoms with E-state index < -0.39 is 0 Å². The fourth-order valence-electron chi connectivity index (χ4n) is 2.56. The van der Waals surface area contributed by atoms with Gasteiger partial charge >= 0.3 is 0 Å². The third-order valence-electron chi connectivity index (χ3n) is 4.01. The summed E-state index contributed by atoms with van der Waals surface area (Å²) in [5.74, 6) is 3.36. The molecule has 30 heavy (non-hydrogen) atoms. The average Bonchev–Trinajstić information content (AvgIpc) is 2.77. The molecule has 0 aliphatic carbocycles. The molecule has 0 fully saturated rings. The Bertz CT molecular complexity index is 1070. The van der Waals surface area contributed by atoms with Crippen molar-refractivity contribution in [1.82, 2.24) is 5.43 Å². The van der Waals surface area contributed by atoms with Crippen LogP contribution in [0, 0.1) is 12.3 Å². The van der Waals surface area contributed by atoms with Crippen LogP contribution < -0.4 is 14.9 Å². The highest BCUT2D eigenvalue weighted by Gasteiger charge is 2.05. The molecule has 0 aliphatic heterocycles. The van der Waals surface area contributed by atoms with Crippen molar-refractivity contribution in [2.24, 2.45) is 5.10 Å². The second kappa shape index (κ2) is 10.8. The summed E-state index contributed by atoms with van der Waals surface area (Å²) in [5.41, 5.74) is 4.73. The minimum atomic E-state index is -0.327. The zero-order valence-corrected chi connectivity index (χ0v) is 17.6. The summed E-state index contributed by atoms with van der Waals surface area (Å²) in [6.45, 7) is 0.601. The quantitative estimate of drug-likeness (QED) is 0.297. The molecule has 0 heterocycles. The number of hydrogen-bond acceptors (Lipinski definition) is 4. The van der Waals surface area contributed by atoms with Crippen molar-refractivity contribution < 1.29 is 14.3 Å². The van der Waals surface area contributed by atoms with Crippen LogP contribution in [0.25, 0.3) is 0 Å². The summed E-state index contributed by atoms with van der Waals surface area (Å²) >= 11 is 3.44. The third kappa shape index (κ3) is 6.23. The van der Waals surface area contributed by atoms with Crippen molar-refractivity contribution in [1.29, 1.82) is 0 Å². The SMILES string of the molecule is C#CCOc1ccccc1C=NNC(=O)c1ccc(OCc2cccc(Br)c2)cc1. The van der Waals surface area contributed by atoms with Crippen LogP contribution in [0.1, 0.15) is 21.5 Å². The maximum Gasteiger partial charge on any atom is 0.271 e. The van der Waals surface area contributed by atoms with Gasteiger partial charge in [0.25, 0.3) is 5.91 Å². The lowest BCUT2D eigenvalue weighted by Crippen LogP contribution is -2.17. The molecule has 150 valence electrons. The molecule has 0 atom stereocenters. The molecule has 1 N–H and O–H groups in total. The molecular formula is C24H19BrN2O3. The first-order valence-corrected chi connectivity index (χ1v) is 9.91. The summed E-state index contributed by atoms with van der Waals surface area (Å²) < 4.78 is 12.2. The summed E-state index contributed by atoms with van der Waals surface area (Å²) in [6, 6.07) is 22.1. The van der Waals surface area contributed by atoms with Gasteiger partial charge < -0.3 is 9.47 Å². The number of nitrogens with zero attached hydrogens (tertiary/aromatic N) is 1. The number of carbonyl (C=O) groups is 1. The molecule has 1 amide bonds. The van der Waals surface area contributed by atoms with Crippen LogP contribution in [0.3, 0.4) is 0 Å². The molecule has 6 heteroatoms. The molecule has 3 aromatic rings. The number of hydrazone groups is 1. The van der Waals surface area contributed by atoms with Gasteiger partial charge in [-0.3, -0.25) is 4.79 Å². The van der Waals surface area contributed by atoms with E-state index in [1.165, 1.54) is 6.21 Å². The van der Waals surface area contributed by atoms with Crippen LogP contribution in [0.4, 0.5) is 0 Å². The topological polar surface area (TPSA) is 59.9 Å². The van der Waals surface area contributed by atoms with E-state index >= 15 is 0 Å². The van der Waals surface area contributed by atoms with Gasteiger partial charge in [-0.1, -0.05) is 46.1 Å². The zero-order chi connectivity index (χ0) is 21.2. The Hall–Kier alpha value is -3.56. The number of amides is 1. The maximum absolute atomic E-state index is 12.3. The van der Waals surface area contributed by atoms with Crippen molar-refractivity contribution in [2.45, 2.75) is 6.61 Å². The zero-order valence-electron chi connectivity index (χ0n) is 16.0. The predicted molar refractivity (Wildman–Crippen MR) is 121 cm³/mol. The van der Waals surface area contributed by atoms with Crippen molar-refractivity contribution in [3.05, 3.63) is 94.0 Å². The molecule has 3 rings (SSSR count). The molecule has 0 saturated heterocycles. The number of nitrogens with one attached hydrogen (secondary N) is 1. The number of terminal acetylenes is 1. The highest BCUT2D eigenvalue weighted by molar-refractivity contribution is 9.10. The molecule has 3 aromatic carbocycles. The van der Waals surface area contributed by atoms with Crippen molar-refractivity contribution in [2.75, 3.05) is 6.61 Å². The fourth-order valence-corrected chi connectivity index (χ4v) is 3.01. The Balaban J connectivity index is 1.55. The van der Waals surface area contributed by atoms with E-state index in [-0.39, 0.29) is 12.5 Å². The molecule has 0 aromatic heterocycles. The summed E-state index contributed by atoms with van der Waals surface area (Å²) in [6.07, 6.45) is 6.73. The lowest BCUT2D eigenvalue weighted by molar-refractivity contribution is 0.0955. The Morgan fingerprint density at radius 1 is 1.07 bits per heavy atom. The standard InChI is InChI=1S/C24H19BrN2O3/c1-2-14-29-23-9-4-3-7-20(23)16-26-27-24(28)19-10-12-22(13-11-19)30-17-18-6-5-8-21(25)15-18/h1,3-13,15-16H,14,17H2,(H,27,28). The predicted octanol–water partition coefficient (Wildman–Crippen LogP) is 4.80. The first kappa shape index (κ1) is 21.2. The average molecular weight is 463 g/mol. The van der Waals surface area contributed by atoms with E-state index in [2.05, 4.69) is 32.4 Å². The van der Waals surface area contributed by atoms with Gasteiger partial charge in [0.05, 0.1) is 6.21 Å². The molecule has 0 bridgehead atoms. The molecule has 0 unspecified atom stereocenters. The molecule has 0 spiro atoms. The number of para-hydroxylation sites is 1. The number of halogens is 1. The van der Waals surface area contributed by atoms with Gasteiger partial charge in [-0.25, -0.2) is 5.43 Å². The van der Waals surface area contributed by atoms with E-state index in [1.807, 2.05) is 42.5 Å². The number of ether oxygens (including phenoxy) is 2. The minimum absolute atomic E-state index is 0.160. The normalized spacial score (nSPS) is 10.4. The van der Waals surface area contributed by atoms with Crippen molar-refractivity contribution in [3.63, 3.8) is 0 Å². The van der Waals surface area contributed by atoms with Gasteiger partial charge in [-0.15, -0.1) is 6.42 Å².